The second-order valence-corrected chi connectivity index (χ2v) is 5.15. The molecular formula is C16H18N4O2. The molecule has 1 aromatic heterocycles. The number of rotatable bonds is 6. The smallest absolute Gasteiger partial charge is 0.113 e. The first-order valence-electron chi connectivity index (χ1n) is 7.16. The van der Waals surface area contributed by atoms with E-state index in [9.17, 15) is 5.11 Å². The molecule has 3 N–H and O–H groups in total. The first-order valence-corrected chi connectivity index (χ1v) is 7.16. The average Bonchev–Trinajstić information content (AvgIpc) is 2.97. The fourth-order valence-corrected chi connectivity index (χ4v) is 2.24. The van der Waals surface area contributed by atoms with Crippen molar-refractivity contribution < 1.29 is 10.2 Å². The highest BCUT2D eigenvalue weighted by Crippen LogP contribution is 2.14. The number of nitrogens with zero attached hydrogens (tertiary/aromatic N) is 3. The lowest BCUT2D eigenvalue weighted by Gasteiger charge is -2.10. The van der Waals surface area contributed by atoms with Crippen LogP contribution in [0.1, 0.15) is 5.56 Å². The molecule has 0 aliphatic heterocycles. The van der Waals surface area contributed by atoms with Gasteiger partial charge in [-0.3, -0.25) is 0 Å². The molecule has 0 radical (unpaired) electrons. The lowest BCUT2D eigenvalue weighted by Crippen LogP contribution is -2.22. The second-order valence-electron chi connectivity index (χ2n) is 5.15. The van der Waals surface area contributed by atoms with Crippen LogP contribution in [0.2, 0.25) is 0 Å². The van der Waals surface area contributed by atoms with E-state index in [1.165, 1.54) is 0 Å². The van der Waals surface area contributed by atoms with Crippen LogP contribution in [0.3, 0.4) is 0 Å². The minimum atomic E-state index is -0.749. The minimum absolute atomic E-state index is 0.246. The van der Waals surface area contributed by atoms with Crippen molar-refractivity contribution in [2.75, 3.05) is 18.5 Å². The number of hydrogen-bond donors (Lipinski definition) is 3. The van der Waals surface area contributed by atoms with Crippen LogP contribution < -0.4 is 5.32 Å². The van der Waals surface area contributed by atoms with E-state index < -0.39 is 6.10 Å². The maximum Gasteiger partial charge on any atom is 0.113 e. The summed E-state index contributed by atoms with van der Waals surface area (Å²) in [6.07, 6.45) is -0.749. The molecule has 0 saturated carbocycles. The zero-order valence-corrected chi connectivity index (χ0v) is 12.1. The molecule has 0 aliphatic rings. The van der Waals surface area contributed by atoms with Crippen LogP contribution in [-0.4, -0.2) is 44.5 Å². The highest BCUT2D eigenvalue weighted by Gasteiger charge is 2.05. The number of para-hydroxylation sites is 1. The van der Waals surface area contributed by atoms with Gasteiger partial charge in [0.2, 0.25) is 0 Å². The van der Waals surface area contributed by atoms with Gasteiger partial charge in [-0.15, -0.1) is 5.10 Å². The molecule has 0 saturated heterocycles. The lowest BCUT2D eigenvalue weighted by atomic mass is 10.2. The average molecular weight is 298 g/mol. The lowest BCUT2D eigenvalue weighted by molar-refractivity contribution is 0.105. The van der Waals surface area contributed by atoms with Gasteiger partial charge in [0.15, 0.2) is 0 Å². The van der Waals surface area contributed by atoms with E-state index in [2.05, 4.69) is 15.6 Å². The Kier molecular flexibility index (Phi) is 4.32. The molecule has 114 valence electrons. The molecular weight excluding hydrogens is 280 g/mol. The Morgan fingerprint density at radius 2 is 1.86 bits per heavy atom. The zero-order chi connectivity index (χ0) is 15.4. The van der Waals surface area contributed by atoms with Gasteiger partial charge in [-0.05, 0) is 29.8 Å². The topological polar surface area (TPSA) is 83.2 Å². The van der Waals surface area contributed by atoms with Gasteiger partial charge in [0.05, 0.1) is 24.8 Å². The van der Waals surface area contributed by atoms with Crippen LogP contribution in [0.25, 0.3) is 11.0 Å². The van der Waals surface area contributed by atoms with E-state index in [1.54, 1.807) is 0 Å². The number of aliphatic hydroxyl groups is 2. The Bertz CT molecular complexity index is 739. The summed E-state index contributed by atoms with van der Waals surface area (Å²) in [5.41, 5.74) is 3.91. The van der Waals surface area contributed by atoms with Crippen molar-refractivity contribution in [3.63, 3.8) is 0 Å². The minimum Gasteiger partial charge on any atom is -0.394 e. The summed E-state index contributed by atoms with van der Waals surface area (Å²) in [6, 6.07) is 15.8. The molecule has 0 aliphatic carbocycles. The predicted octanol–water partition coefficient (Wildman–Crippen LogP) is 1.24. The Labute approximate surface area is 128 Å². The van der Waals surface area contributed by atoms with Gasteiger partial charge in [0.1, 0.15) is 5.52 Å². The number of anilines is 1. The van der Waals surface area contributed by atoms with E-state index in [4.69, 9.17) is 5.11 Å². The Morgan fingerprint density at radius 3 is 2.64 bits per heavy atom. The maximum absolute atomic E-state index is 9.31. The molecule has 1 atom stereocenters. The third-order valence-electron chi connectivity index (χ3n) is 3.46. The molecule has 3 aromatic rings. The van der Waals surface area contributed by atoms with E-state index >= 15 is 0 Å². The Morgan fingerprint density at radius 1 is 1.09 bits per heavy atom. The van der Waals surface area contributed by atoms with Crippen LogP contribution in [0.15, 0.2) is 48.5 Å². The largest absolute Gasteiger partial charge is 0.394 e. The third-order valence-corrected chi connectivity index (χ3v) is 3.46. The van der Waals surface area contributed by atoms with Crippen LogP contribution in [0, 0.1) is 0 Å². The fourth-order valence-electron chi connectivity index (χ4n) is 2.24. The van der Waals surface area contributed by atoms with Crippen molar-refractivity contribution in [3.8, 4) is 0 Å². The summed E-state index contributed by atoms with van der Waals surface area (Å²) < 4.78 is 1.87. The number of aromatic nitrogens is 3. The fraction of sp³-hybridized carbons (Fsp3) is 0.250. The van der Waals surface area contributed by atoms with Crippen molar-refractivity contribution in [3.05, 3.63) is 54.1 Å². The van der Waals surface area contributed by atoms with Gasteiger partial charge < -0.3 is 15.5 Å². The van der Waals surface area contributed by atoms with Crippen molar-refractivity contribution in [1.29, 1.82) is 0 Å². The van der Waals surface area contributed by atoms with Crippen LogP contribution in [0.4, 0.5) is 5.69 Å². The monoisotopic (exact) mass is 298 g/mol. The Hall–Kier alpha value is -2.44. The van der Waals surface area contributed by atoms with E-state index in [-0.39, 0.29) is 6.61 Å². The summed E-state index contributed by atoms with van der Waals surface area (Å²) in [5, 5.41) is 29.5. The summed E-state index contributed by atoms with van der Waals surface area (Å²) in [5.74, 6) is 0. The van der Waals surface area contributed by atoms with E-state index in [0.717, 1.165) is 22.3 Å². The van der Waals surface area contributed by atoms with Crippen LogP contribution in [0.5, 0.6) is 0 Å². The SMILES string of the molecule is OCC(O)CNc1ccc(Cn2nnc3ccccc32)cc1. The standard InChI is InChI=1S/C16H18N4O2/c21-11-14(22)9-17-13-7-5-12(6-8-13)10-20-16-4-2-1-3-15(16)18-19-20/h1-8,14,17,21-22H,9-11H2. The zero-order valence-electron chi connectivity index (χ0n) is 12.1. The number of fused-ring (bicyclic) bond motifs is 1. The van der Waals surface area contributed by atoms with Gasteiger partial charge >= 0.3 is 0 Å². The van der Waals surface area contributed by atoms with Gasteiger partial charge in [-0.1, -0.05) is 29.5 Å². The molecule has 6 heteroatoms. The van der Waals surface area contributed by atoms with Crippen LogP contribution >= 0.6 is 0 Å². The first-order chi connectivity index (χ1) is 10.8. The van der Waals surface area contributed by atoms with Crippen LogP contribution in [-0.2, 0) is 6.54 Å². The second kappa shape index (κ2) is 6.55. The third kappa shape index (κ3) is 3.24. The molecule has 2 aromatic carbocycles. The molecule has 1 heterocycles. The van der Waals surface area contributed by atoms with Gasteiger partial charge in [-0.2, -0.15) is 0 Å². The van der Waals surface area contributed by atoms with E-state index in [0.29, 0.717) is 13.1 Å². The normalized spacial score (nSPS) is 12.5. The number of nitrogens with one attached hydrogen (secondary N) is 1. The molecule has 0 spiro atoms. The quantitative estimate of drug-likeness (QED) is 0.638. The van der Waals surface area contributed by atoms with E-state index in [1.807, 2.05) is 53.2 Å². The number of benzene rings is 2. The van der Waals surface area contributed by atoms with Gasteiger partial charge in [0.25, 0.3) is 0 Å². The Balaban J connectivity index is 1.68. The summed E-state index contributed by atoms with van der Waals surface area (Å²) in [7, 11) is 0. The maximum atomic E-state index is 9.31. The first kappa shape index (κ1) is 14.5. The van der Waals surface area contributed by atoms with Crippen molar-refractivity contribution in [1.82, 2.24) is 15.0 Å². The molecule has 0 amide bonds. The van der Waals surface area contributed by atoms with Crippen molar-refractivity contribution >= 4 is 16.7 Å². The molecule has 6 nitrogen and oxygen atoms in total. The number of hydrogen-bond acceptors (Lipinski definition) is 5. The summed E-state index contributed by atoms with van der Waals surface area (Å²) in [4.78, 5) is 0. The number of aliphatic hydroxyl groups excluding tert-OH is 2. The van der Waals surface area contributed by atoms with Gasteiger partial charge in [-0.25, -0.2) is 4.68 Å². The molecule has 0 fully saturated rings. The molecule has 3 rings (SSSR count). The highest BCUT2D eigenvalue weighted by atomic mass is 16.3. The predicted molar refractivity (Wildman–Crippen MR) is 84.7 cm³/mol. The van der Waals surface area contributed by atoms with Gasteiger partial charge in [0, 0.05) is 12.2 Å². The van der Waals surface area contributed by atoms with Crippen molar-refractivity contribution in [2.45, 2.75) is 12.6 Å². The summed E-state index contributed by atoms with van der Waals surface area (Å²) in [6.45, 7) is 0.730. The summed E-state index contributed by atoms with van der Waals surface area (Å²) >= 11 is 0. The molecule has 1 unspecified atom stereocenters. The molecule has 22 heavy (non-hydrogen) atoms. The van der Waals surface area contributed by atoms with Crippen molar-refractivity contribution in [2.24, 2.45) is 0 Å². The highest BCUT2D eigenvalue weighted by molar-refractivity contribution is 5.73. The molecule has 0 bridgehead atoms.